The summed E-state index contributed by atoms with van der Waals surface area (Å²) in [6, 6.07) is 1.50. The Morgan fingerprint density at radius 1 is 1.33 bits per heavy atom. The van der Waals surface area contributed by atoms with Gasteiger partial charge in [-0.2, -0.15) is 0 Å². The molecule has 1 fully saturated rings. The van der Waals surface area contributed by atoms with Crippen LogP contribution in [0.5, 0.6) is 0 Å². The smallest absolute Gasteiger partial charge is 0.0209 e. The largest absolute Gasteiger partial charge is 0.313 e. The molecule has 0 radical (unpaired) electrons. The molecule has 0 saturated carbocycles. The van der Waals surface area contributed by atoms with Crippen molar-refractivity contribution < 1.29 is 0 Å². The molecule has 1 N–H and O–H groups in total. The minimum Gasteiger partial charge on any atom is -0.313 e. The number of unbranched alkanes of at least 4 members (excludes halogenated alkanes) is 1. The lowest BCUT2D eigenvalue weighted by molar-refractivity contribution is 0.326. The van der Waals surface area contributed by atoms with Crippen molar-refractivity contribution in [1.29, 1.82) is 0 Å². The van der Waals surface area contributed by atoms with Crippen LogP contribution in [-0.4, -0.2) is 37.1 Å². The third kappa shape index (κ3) is 4.98. The highest BCUT2D eigenvalue weighted by Gasteiger charge is 2.24. The molecule has 1 aliphatic heterocycles. The second kappa shape index (κ2) is 6.49. The first-order valence-corrected chi connectivity index (χ1v) is 6.53. The van der Waals surface area contributed by atoms with Crippen molar-refractivity contribution >= 4 is 0 Å². The predicted molar refractivity (Wildman–Crippen MR) is 67.2 cm³/mol. The second-order valence-corrected chi connectivity index (χ2v) is 5.56. The molecule has 2 heteroatoms. The molecule has 2 atom stereocenters. The summed E-state index contributed by atoms with van der Waals surface area (Å²) < 4.78 is 0. The van der Waals surface area contributed by atoms with Crippen molar-refractivity contribution in [1.82, 2.24) is 10.2 Å². The van der Waals surface area contributed by atoms with Gasteiger partial charge in [-0.15, -0.1) is 0 Å². The molecule has 90 valence electrons. The molecule has 0 aromatic rings. The van der Waals surface area contributed by atoms with Crippen molar-refractivity contribution in [2.45, 2.75) is 58.5 Å². The van der Waals surface area contributed by atoms with Gasteiger partial charge in [0.1, 0.15) is 0 Å². The molecule has 0 aromatic carbocycles. The summed E-state index contributed by atoms with van der Waals surface area (Å²) in [5, 5.41) is 3.67. The Morgan fingerprint density at radius 3 is 2.60 bits per heavy atom. The van der Waals surface area contributed by atoms with Gasteiger partial charge < -0.3 is 10.2 Å². The van der Waals surface area contributed by atoms with Crippen LogP contribution in [0, 0.1) is 5.92 Å². The van der Waals surface area contributed by atoms with Gasteiger partial charge in [0.2, 0.25) is 0 Å². The summed E-state index contributed by atoms with van der Waals surface area (Å²) in [7, 11) is 2.23. The van der Waals surface area contributed by atoms with Gasteiger partial charge in [-0.05, 0) is 39.3 Å². The van der Waals surface area contributed by atoms with E-state index in [1.165, 1.54) is 38.8 Å². The number of likely N-dealkylation sites (tertiary alicyclic amines) is 1. The predicted octanol–water partition coefficient (Wildman–Crippen LogP) is 2.49. The van der Waals surface area contributed by atoms with Crippen LogP contribution in [0.25, 0.3) is 0 Å². The fraction of sp³-hybridized carbons (Fsp3) is 1.00. The Hall–Kier alpha value is -0.0800. The van der Waals surface area contributed by atoms with Crippen LogP contribution >= 0.6 is 0 Å². The summed E-state index contributed by atoms with van der Waals surface area (Å²) in [5.74, 6) is 0.864. The van der Waals surface area contributed by atoms with Crippen LogP contribution in [0.15, 0.2) is 0 Å². The monoisotopic (exact) mass is 212 g/mol. The topological polar surface area (TPSA) is 15.3 Å². The molecule has 1 saturated heterocycles. The van der Waals surface area contributed by atoms with Crippen LogP contribution < -0.4 is 5.32 Å². The lowest BCUT2D eigenvalue weighted by Gasteiger charge is -2.13. The van der Waals surface area contributed by atoms with Gasteiger partial charge in [0.25, 0.3) is 0 Å². The second-order valence-electron chi connectivity index (χ2n) is 5.56. The summed E-state index contributed by atoms with van der Waals surface area (Å²) >= 11 is 0. The highest BCUT2D eigenvalue weighted by molar-refractivity contribution is 4.84. The van der Waals surface area contributed by atoms with E-state index in [-0.39, 0.29) is 0 Å². The first-order chi connectivity index (χ1) is 7.09. The van der Waals surface area contributed by atoms with Crippen LogP contribution in [0.1, 0.15) is 46.5 Å². The van der Waals surface area contributed by atoms with E-state index in [0.717, 1.165) is 18.0 Å². The van der Waals surface area contributed by atoms with Gasteiger partial charge in [0, 0.05) is 18.6 Å². The fourth-order valence-corrected chi connectivity index (χ4v) is 2.33. The van der Waals surface area contributed by atoms with E-state index in [1.807, 2.05) is 0 Å². The van der Waals surface area contributed by atoms with Gasteiger partial charge in [-0.1, -0.05) is 26.7 Å². The van der Waals surface area contributed by atoms with Gasteiger partial charge in [0.05, 0.1) is 0 Å². The number of hydrogen-bond acceptors (Lipinski definition) is 2. The molecular formula is C13H28N2. The maximum atomic E-state index is 3.67. The highest BCUT2D eigenvalue weighted by Crippen LogP contribution is 2.14. The maximum absolute atomic E-state index is 3.67. The molecule has 15 heavy (non-hydrogen) atoms. The molecule has 2 nitrogen and oxygen atoms in total. The van der Waals surface area contributed by atoms with E-state index in [1.54, 1.807) is 0 Å². The zero-order chi connectivity index (χ0) is 11.3. The molecule has 1 rings (SSSR count). The third-order valence-corrected chi connectivity index (χ3v) is 3.53. The average Bonchev–Trinajstić information content (AvgIpc) is 2.45. The van der Waals surface area contributed by atoms with E-state index in [0.29, 0.717) is 0 Å². The molecule has 0 spiro atoms. The molecule has 2 unspecified atom stereocenters. The molecule has 1 heterocycles. The Labute approximate surface area is 95.4 Å². The summed E-state index contributed by atoms with van der Waals surface area (Å²) in [4.78, 5) is 2.45. The van der Waals surface area contributed by atoms with Gasteiger partial charge in [-0.3, -0.25) is 0 Å². The average molecular weight is 212 g/mol. The van der Waals surface area contributed by atoms with Crippen molar-refractivity contribution in [3.63, 3.8) is 0 Å². The maximum Gasteiger partial charge on any atom is 0.0209 e. The van der Waals surface area contributed by atoms with Crippen molar-refractivity contribution in [2.75, 3.05) is 20.1 Å². The van der Waals surface area contributed by atoms with Crippen molar-refractivity contribution in [2.24, 2.45) is 5.92 Å². The lowest BCUT2D eigenvalue weighted by atomic mass is 10.1. The number of nitrogens with one attached hydrogen (secondary N) is 1. The van der Waals surface area contributed by atoms with Gasteiger partial charge in [-0.25, -0.2) is 0 Å². The Balaban J connectivity index is 1.97. The van der Waals surface area contributed by atoms with Crippen molar-refractivity contribution in [3.05, 3.63) is 0 Å². The number of likely N-dealkylation sites (N-methyl/N-ethyl adjacent to an activating group) is 1. The number of nitrogens with zero attached hydrogens (tertiary/aromatic N) is 1. The number of hydrogen-bond donors (Lipinski definition) is 1. The minimum absolute atomic E-state index is 0.740. The third-order valence-electron chi connectivity index (χ3n) is 3.53. The van der Waals surface area contributed by atoms with Crippen LogP contribution in [0.4, 0.5) is 0 Å². The zero-order valence-electron chi connectivity index (χ0n) is 10.9. The van der Waals surface area contributed by atoms with Crippen LogP contribution in [0.3, 0.4) is 0 Å². The molecule has 1 aliphatic rings. The molecule has 0 bridgehead atoms. The highest BCUT2D eigenvalue weighted by atomic mass is 15.2. The van der Waals surface area contributed by atoms with Crippen LogP contribution in [-0.2, 0) is 0 Å². The van der Waals surface area contributed by atoms with E-state index in [4.69, 9.17) is 0 Å². The van der Waals surface area contributed by atoms with Gasteiger partial charge >= 0.3 is 0 Å². The van der Waals surface area contributed by atoms with Gasteiger partial charge in [0.15, 0.2) is 0 Å². The first-order valence-electron chi connectivity index (χ1n) is 6.53. The number of rotatable bonds is 6. The van der Waals surface area contributed by atoms with E-state index >= 15 is 0 Å². The molecule has 0 amide bonds. The normalized spacial score (nSPS) is 27.8. The van der Waals surface area contributed by atoms with E-state index < -0.39 is 0 Å². The molecule has 0 aromatic heterocycles. The minimum atomic E-state index is 0.740. The lowest BCUT2D eigenvalue weighted by Crippen LogP contribution is -2.32. The summed E-state index contributed by atoms with van der Waals surface area (Å²) in [6.07, 6.45) is 5.42. The van der Waals surface area contributed by atoms with E-state index in [9.17, 15) is 0 Å². The van der Waals surface area contributed by atoms with Crippen molar-refractivity contribution in [3.8, 4) is 0 Å². The quantitative estimate of drug-likeness (QED) is 0.681. The Morgan fingerprint density at radius 2 is 2.07 bits per heavy atom. The first kappa shape index (κ1) is 13.0. The standard InChI is InChI=1S/C13H28N2/c1-11(2)7-5-6-8-14-13-9-12(3)15(4)10-13/h11-14H,5-10H2,1-4H3. The molecule has 0 aliphatic carbocycles. The Kier molecular flexibility index (Phi) is 5.62. The fourth-order valence-electron chi connectivity index (χ4n) is 2.33. The van der Waals surface area contributed by atoms with E-state index in [2.05, 4.69) is 38.0 Å². The summed E-state index contributed by atoms with van der Waals surface area (Å²) in [6.45, 7) is 9.37. The SMILES string of the molecule is CC(C)CCCCNC1CC(C)N(C)C1. The Bertz CT molecular complexity index is 158. The summed E-state index contributed by atoms with van der Waals surface area (Å²) in [5.41, 5.74) is 0. The van der Waals surface area contributed by atoms with Crippen LogP contribution in [0.2, 0.25) is 0 Å². The zero-order valence-corrected chi connectivity index (χ0v) is 10.9. The molecular weight excluding hydrogens is 184 g/mol.